The average Bonchev–Trinajstić information content (AvgIpc) is 3.19. The van der Waals surface area contributed by atoms with E-state index in [0.29, 0.717) is 13.1 Å². The number of ether oxygens (including phenoxy) is 1. The second-order valence-electron chi connectivity index (χ2n) is 5.92. The minimum atomic E-state index is -0.336. The van der Waals surface area contributed by atoms with Gasteiger partial charge in [-0.05, 0) is 5.56 Å². The van der Waals surface area contributed by atoms with Gasteiger partial charge in [0, 0.05) is 50.5 Å². The molecule has 1 aliphatic heterocycles. The molecule has 0 bridgehead atoms. The molecule has 0 saturated carbocycles. The van der Waals surface area contributed by atoms with Crippen molar-refractivity contribution in [1.82, 2.24) is 14.5 Å². The van der Waals surface area contributed by atoms with Gasteiger partial charge in [-0.25, -0.2) is 9.78 Å². The fraction of sp³-hybridized carbons (Fsp3) is 0.412. The summed E-state index contributed by atoms with van der Waals surface area (Å²) in [5.74, 6) is 0.0893. The lowest BCUT2D eigenvalue weighted by molar-refractivity contribution is 0.101. The molecular weight excluding hydrogens is 294 g/mol. The highest BCUT2D eigenvalue weighted by Crippen LogP contribution is 2.32. The Morgan fingerprint density at radius 3 is 2.78 bits per heavy atom. The number of nitrogens with zero attached hydrogens (tertiary/aromatic N) is 3. The van der Waals surface area contributed by atoms with Crippen molar-refractivity contribution in [2.24, 2.45) is 13.0 Å². The van der Waals surface area contributed by atoms with Crippen LogP contribution in [0.4, 0.5) is 4.79 Å². The minimum Gasteiger partial charge on any atom is -0.445 e. The molecule has 1 aromatic heterocycles. The Labute approximate surface area is 135 Å². The molecule has 2 heterocycles. The van der Waals surface area contributed by atoms with Crippen molar-refractivity contribution in [3.8, 4) is 0 Å². The summed E-state index contributed by atoms with van der Waals surface area (Å²) in [5.41, 5.74) is 1.99. The fourth-order valence-electron chi connectivity index (χ4n) is 3.08. The summed E-state index contributed by atoms with van der Waals surface area (Å²) in [4.78, 5) is 18.1. The molecule has 23 heavy (non-hydrogen) atoms. The van der Waals surface area contributed by atoms with Crippen molar-refractivity contribution in [1.29, 1.82) is 0 Å². The van der Waals surface area contributed by atoms with Crippen LogP contribution in [0.1, 0.15) is 17.2 Å². The highest BCUT2D eigenvalue weighted by atomic mass is 16.6. The Balaban J connectivity index is 1.63. The van der Waals surface area contributed by atoms with Gasteiger partial charge in [0.1, 0.15) is 6.61 Å². The number of aromatic nitrogens is 2. The third kappa shape index (κ3) is 3.37. The summed E-state index contributed by atoms with van der Waals surface area (Å²) in [5, 5.41) is 9.63. The molecule has 1 saturated heterocycles. The normalized spacial score (nSPS) is 20.7. The molecule has 2 aromatic rings. The zero-order valence-electron chi connectivity index (χ0n) is 13.1. The van der Waals surface area contributed by atoms with Gasteiger partial charge in [-0.3, -0.25) is 0 Å². The maximum Gasteiger partial charge on any atom is 0.410 e. The van der Waals surface area contributed by atoms with Crippen molar-refractivity contribution in [3.63, 3.8) is 0 Å². The summed E-state index contributed by atoms with van der Waals surface area (Å²) >= 11 is 0. The fourth-order valence-corrected chi connectivity index (χ4v) is 3.08. The number of aryl methyl sites for hydroxylation is 1. The van der Waals surface area contributed by atoms with Crippen LogP contribution < -0.4 is 0 Å². The minimum absolute atomic E-state index is 0.00896. The third-order valence-electron chi connectivity index (χ3n) is 4.37. The van der Waals surface area contributed by atoms with E-state index >= 15 is 0 Å². The van der Waals surface area contributed by atoms with Gasteiger partial charge in [-0.1, -0.05) is 30.3 Å². The molecule has 3 rings (SSSR count). The molecule has 0 aliphatic carbocycles. The SMILES string of the molecule is Cn1cncc1[C@@H]1CN(C(=O)OCc2ccccc2)C[C@H]1CO. The maximum atomic E-state index is 12.3. The molecule has 1 aliphatic rings. The largest absolute Gasteiger partial charge is 0.445 e. The monoisotopic (exact) mass is 315 g/mol. The Hall–Kier alpha value is -2.34. The molecule has 0 unspecified atom stereocenters. The number of carbonyl (C=O) groups excluding carboxylic acids is 1. The molecule has 1 aromatic carbocycles. The number of amides is 1. The number of aliphatic hydroxyl groups is 1. The van der Waals surface area contributed by atoms with Crippen LogP contribution in [0.3, 0.4) is 0 Å². The van der Waals surface area contributed by atoms with Crippen LogP contribution in [0, 0.1) is 5.92 Å². The summed E-state index contributed by atoms with van der Waals surface area (Å²) in [6.07, 6.45) is 3.20. The van der Waals surface area contributed by atoms with Crippen LogP contribution in [0.2, 0.25) is 0 Å². The molecule has 2 atom stereocenters. The first-order valence-electron chi connectivity index (χ1n) is 7.71. The van der Waals surface area contributed by atoms with Crippen molar-refractivity contribution >= 4 is 6.09 Å². The van der Waals surface area contributed by atoms with E-state index in [1.54, 1.807) is 17.4 Å². The Morgan fingerprint density at radius 1 is 1.35 bits per heavy atom. The number of rotatable bonds is 4. The first-order chi connectivity index (χ1) is 11.2. The number of carbonyl (C=O) groups is 1. The van der Waals surface area contributed by atoms with Crippen LogP contribution in [0.25, 0.3) is 0 Å². The lowest BCUT2D eigenvalue weighted by Gasteiger charge is -2.16. The van der Waals surface area contributed by atoms with E-state index in [-0.39, 0.29) is 31.1 Å². The van der Waals surface area contributed by atoms with E-state index in [1.165, 1.54) is 0 Å². The number of aliphatic hydroxyl groups excluding tert-OH is 1. The van der Waals surface area contributed by atoms with E-state index in [2.05, 4.69) is 4.98 Å². The summed E-state index contributed by atoms with van der Waals surface area (Å²) in [6.45, 7) is 1.34. The molecule has 0 spiro atoms. The van der Waals surface area contributed by atoms with E-state index in [0.717, 1.165) is 11.3 Å². The smallest absolute Gasteiger partial charge is 0.410 e. The molecule has 1 amide bonds. The van der Waals surface area contributed by atoms with Crippen LogP contribution in [-0.4, -0.2) is 45.3 Å². The zero-order valence-corrected chi connectivity index (χ0v) is 13.1. The Kier molecular flexibility index (Phi) is 4.62. The van der Waals surface area contributed by atoms with Gasteiger partial charge in [-0.15, -0.1) is 0 Å². The van der Waals surface area contributed by atoms with Gasteiger partial charge in [0.05, 0.1) is 6.33 Å². The van der Waals surface area contributed by atoms with Crippen molar-refractivity contribution in [3.05, 3.63) is 54.1 Å². The molecule has 1 fully saturated rings. The average molecular weight is 315 g/mol. The van der Waals surface area contributed by atoms with Crippen molar-refractivity contribution in [2.45, 2.75) is 12.5 Å². The van der Waals surface area contributed by atoms with Crippen molar-refractivity contribution in [2.75, 3.05) is 19.7 Å². The van der Waals surface area contributed by atoms with Crippen LogP contribution in [-0.2, 0) is 18.4 Å². The Morgan fingerprint density at radius 2 is 2.13 bits per heavy atom. The Bertz CT molecular complexity index is 656. The first-order valence-corrected chi connectivity index (χ1v) is 7.71. The lowest BCUT2D eigenvalue weighted by Crippen LogP contribution is -2.29. The van der Waals surface area contributed by atoms with Crippen LogP contribution in [0.5, 0.6) is 0 Å². The topological polar surface area (TPSA) is 67.6 Å². The molecule has 0 radical (unpaired) electrons. The van der Waals surface area contributed by atoms with Crippen LogP contribution in [0.15, 0.2) is 42.9 Å². The van der Waals surface area contributed by atoms with Crippen molar-refractivity contribution < 1.29 is 14.6 Å². The highest BCUT2D eigenvalue weighted by Gasteiger charge is 2.37. The lowest BCUT2D eigenvalue weighted by atomic mass is 9.94. The number of benzene rings is 1. The van der Waals surface area contributed by atoms with E-state index < -0.39 is 0 Å². The highest BCUT2D eigenvalue weighted by molar-refractivity contribution is 5.68. The zero-order chi connectivity index (χ0) is 16.2. The molecule has 122 valence electrons. The third-order valence-corrected chi connectivity index (χ3v) is 4.37. The summed E-state index contributed by atoms with van der Waals surface area (Å²) in [6, 6.07) is 9.60. The maximum absolute atomic E-state index is 12.3. The molecule has 6 nitrogen and oxygen atoms in total. The number of imidazole rings is 1. The van der Waals surface area contributed by atoms with Gasteiger partial charge in [0.25, 0.3) is 0 Å². The number of hydrogen-bond donors (Lipinski definition) is 1. The van der Waals surface area contributed by atoms with E-state index in [1.807, 2.05) is 41.9 Å². The van der Waals surface area contributed by atoms with Crippen LogP contribution >= 0.6 is 0 Å². The molecule has 6 heteroatoms. The van der Waals surface area contributed by atoms with E-state index in [4.69, 9.17) is 4.74 Å². The van der Waals surface area contributed by atoms with Gasteiger partial charge in [0.15, 0.2) is 0 Å². The van der Waals surface area contributed by atoms with Gasteiger partial charge >= 0.3 is 6.09 Å². The second kappa shape index (κ2) is 6.83. The quantitative estimate of drug-likeness (QED) is 0.933. The standard InChI is InChI=1S/C17H21N3O3/c1-19-12-18-7-16(19)15-9-20(8-14(15)10-21)17(22)23-11-13-5-3-2-4-6-13/h2-7,12,14-15,21H,8-11H2,1H3/t14-,15+/m0/s1. The summed E-state index contributed by atoms with van der Waals surface area (Å²) in [7, 11) is 1.92. The number of likely N-dealkylation sites (tertiary alicyclic amines) is 1. The molecular formula is C17H21N3O3. The first kappa shape index (κ1) is 15.6. The predicted octanol–water partition coefficient (Wildman–Crippen LogP) is 1.76. The number of hydrogen-bond acceptors (Lipinski definition) is 4. The molecule has 1 N–H and O–H groups in total. The predicted molar refractivity (Wildman–Crippen MR) is 84.7 cm³/mol. The second-order valence-corrected chi connectivity index (χ2v) is 5.92. The summed E-state index contributed by atoms with van der Waals surface area (Å²) < 4.78 is 7.32. The van der Waals surface area contributed by atoms with E-state index in [9.17, 15) is 9.90 Å². The van der Waals surface area contributed by atoms with Gasteiger partial charge < -0.3 is 19.3 Å². The van der Waals surface area contributed by atoms with Gasteiger partial charge in [0.2, 0.25) is 0 Å². The van der Waals surface area contributed by atoms with Gasteiger partial charge in [-0.2, -0.15) is 0 Å².